The highest BCUT2D eigenvalue weighted by Gasteiger charge is 2.14. The van der Waals surface area contributed by atoms with Crippen LogP contribution < -0.4 is 5.32 Å². The van der Waals surface area contributed by atoms with E-state index >= 15 is 0 Å². The van der Waals surface area contributed by atoms with Crippen molar-refractivity contribution in [3.8, 4) is 5.69 Å². The van der Waals surface area contributed by atoms with Crippen LogP contribution in [0.2, 0.25) is 0 Å². The van der Waals surface area contributed by atoms with Crippen LogP contribution in [0.1, 0.15) is 25.3 Å². The predicted molar refractivity (Wildman–Crippen MR) is 112 cm³/mol. The second-order valence-corrected chi connectivity index (χ2v) is 8.56. The lowest BCUT2D eigenvalue weighted by Gasteiger charge is -2.07. The zero-order valence-electron chi connectivity index (χ0n) is 15.7. The molecule has 2 aromatic carbocycles. The smallest absolute Gasteiger partial charge is 0.236 e. The number of amides is 1. The second kappa shape index (κ2) is 8.26. The molecule has 0 aliphatic heterocycles. The van der Waals surface area contributed by atoms with Crippen LogP contribution in [-0.4, -0.2) is 36.9 Å². The lowest BCUT2D eigenvalue weighted by atomic mass is 10.0. The van der Waals surface area contributed by atoms with E-state index in [9.17, 15) is 9.18 Å². The van der Waals surface area contributed by atoms with Crippen LogP contribution in [0.4, 0.5) is 9.52 Å². The summed E-state index contributed by atoms with van der Waals surface area (Å²) in [4.78, 5) is 16.6. The molecule has 10 heteroatoms. The molecule has 0 unspecified atom stereocenters. The summed E-state index contributed by atoms with van der Waals surface area (Å²) >= 11 is 2.46. The highest BCUT2D eigenvalue weighted by Crippen LogP contribution is 2.27. The molecule has 0 aliphatic carbocycles. The van der Waals surface area contributed by atoms with E-state index in [-0.39, 0.29) is 17.5 Å². The minimum atomic E-state index is -0.331. The van der Waals surface area contributed by atoms with Crippen LogP contribution in [0.15, 0.2) is 47.6 Å². The van der Waals surface area contributed by atoms with Crippen LogP contribution >= 0.6 is 23.1 Å². The van der Waals surface area contributed by atoms with Gasteiger partial charge < -0.3 is 5.32 Å². The van der Waals surface area contributed by atoms with Gasteiger partial charge in [-0.3, -0.25) is 4.79 Å². The molecule has 148 valence electrons. The Kier molecular flexibility index (Phi) is 5.54. The molecule has 7 nitrogen and oxygen atoms in total. The molecule has 0 spiro atoms. The lowest BCUT2D eigenvalue weighted by molar-refractivity contribution is -0.113. The molecule has 4 aromatic rings. The van der Waals surface area contributed by atoms with Crippen molar-refractivity contribution < 1.29 is 9.18 Å². The Bertz CT molecular complexity index is 1160. The molecule has 4 rings (SSSR count). The van der Waals surface area contributed by atoms with Gasteiger partial charge in [-0.15, -0.1) is 5.10 Å². The number of carbonyl (C=O) groups excluding carboxylic acids is 1. The number of hydrogen-bond acceptors (Lipinski definition) is 7. The third kappa shape index (κ3) is 4.43. The van der Waals surface area contributed by atoms with Gasteiger partial charge in [0.05, 0.1) is 21.7 Å². The van der Waals surface area contributed by atoms with Gasteiger partial charge in [0.15, 0.2) is 5.13 Å². The van der Waals surface area contributed by atoms with Crippen LogP contribution in [0.25, 0.3) is 15.9 Å². The molecular formula is C19H17FN6OS2. The Labute approximate surface area is 174 Å². The number of rotatable bonds is 6. The standard InChI is InChI=1S/C19H17FN6OS2/c1-11(2)12-3-6-14(7-4-12)26-19(23-24-25-26)28-10-17(27)22-18-21-15-8-5-13(20)9-16(15)29-18/h3-9,11H,10H2,1-2H3,(H,21,22,27). The van der Waals surface area contributed by atoms with E-state index < -0.39 is 0 Å². The van der Waals surface area contributed by atoms with E-state index in [2.05, 4.69) is 39.7 Å². The number of hydrogen-bond donors (Lipinski definition) is 1. The van der Waals surface area contributed by atoms with Gasteiger partial charge in [0.2, 0.25) is 11.1 Å². The van der Waals surface area contributed by atoms with Crippen LogP contribution in [0.3, 0.4) is 0 Å². The number of aromatic nitrogens is 5. The zero-order chi connectivity index (χ0) is 20.4. The topological polar surface area (TPSA) is 85.6 Å². The number of thioether (sulfide) groups is 1. The number of tetrazole rings is 1. The maximum absolute atomic E-state index is 13.3. The van der Waals surface area contributed by atoms with Crippen LogP contribution in [0.5, 0.6) is 0 Å². The van der Waals surface area contributed by atoms with Crippen molar-refractivity contribution in [3.63, 3.8) is 0 Å². The first-order valence-electron chi connectivity index (χ1n) is 8.87. The molecule has 2 heterocycles. The molecule has 0 aliphatic rings. The van der Waals surface area contributed by atoms with Crippen molar-refractivity contribution in [2.75, 3.05) is 11.1 Å². The molecule has 1 amide bonds. The minimum absolute atomic E-state index is 0.120. The van der Waals surface area contributed by atoms with E-state index in [0.29, 0.717) is 26.4 Å². The maximum atomic E-state index is 13.3. The summed E-state index contributed by atoms with van der Waals surface area (Å²) in [5.74, 6) is -0.00842. The average Bonchev–Trinajstić information content (AvgIpc) is 3.32. The van der Waals surface area contributed by atoms with E-state index in [1.807, 2.05) is 24.3 Å². The number of thiazole rings is 1. The summed E-state index contributed by atoms with van der Waals surface area (Å²) < 4.78 is 15.6. The largest absolute Gasteiger partial charge is 0.301 e. The van der Waals surface area contributed by atoms with Crippen molar-refractivity contribution >= 4 is 44.4 Å². The fraction of sp³-hybridized carbons (Fsp3) is 0.211. The molecule has 29 heavy (non-hydrogen) atoms. The van der Waals surface area contributed by atoms with Gasteiger partial charge in [-0.1, -0.05) is 49.1 Å². The molecule has 0 radical (unpaired) electrons. The van der Waals surface area contributed by atoms with Gasteiger partial charge >= 0.3 is 0 Å². The fourth-order valence-electron chi connectivity index (χ4n) is 2.67. The maximum Gasteiger partial charge on any atom is 0.236 e. The number of benzene rings is 2. The van der Waals surface area contributed by atoms with Crippen LogP contribution in [0, 0.1) is 5.82 Å². The van der Waals surface area contributed by atoms with Crippen molar-refractivity contribution in [1.82, 2.24) is 25.2 Å². The number of nitrogens with zero attached hydrogens (tertiary/aromatic N) is 5. The quantitative estimate of drug-likeness (QED) is 0.462. The van der Waals surface area contributed by atoms with E-state index in [0.717, 1.165) is 5.69 Å². The summed E-state index contributed by atoms with van der Waals surface area (Å²) in [6.07, 6.45) is 0. The first kappa shape index (κ1) is 19.5. The van der Waals surface area contributed by atoms with Crippen molar-refractivity contribution in [2.45, 2.75) is 24.9 Å². The number of fused-ring (bicyclic) bond motifs is 1. The Morgan fingerprint density at radius 3 is 2.79 bits per heavy atom. The highest BCUT2D eigenvalue weighted by molar-refractivity contribution is 7.99. The molecule has 2 aromatic heterocycles. The van der Waals surface area contributed by atoms with Crippen molar-refractivity contribution in [2.24, 2.45) is 0 Å². The first-order chi connectivity index (χ1) is 14.0. The third-order valence-corrected chi connectivity index (χ3v) is 6.03. The molecule has 0 bridgehead atoms. The Hall–Kier alpha value is -2.85. The molecular weight excluding hydrogens is 411 g/mol. The summed E-state index contributed by atoms with van der Waals surface area (Å²) in [6, 6.07) is 12.3. The number of nitrogens with one attached hydrogen (secondary N) is 1. The van der Waals surface area contributed by atoms with E-state index in [4.69, 9.17) is 0 Å². The summed E-state index contributed by atoms with van der Waals surface area (Å²) in [5.41, 5.74) is 2.70. The van der Waals surface area contributed by atoms with Gasteiger partial charge in [-0.25, -0.2) is 9.37 Å². The second-order valence-electron chi connectivity index (χ2n) is 6.59. The predicted octanol–water partition coefficient (Wildman–Crippen LogP) is 4.27. The van der Waals surface area contributed by atoms with Gasteiger partial charge in [-0.05, 0) is 52.2 Å². The van der Waals surface area contributed by atoms with Crippen molar-refractivity contribution in [1.29, 1.82) is 0 Å². The molecule has 0 atom stereocenters. The molecule has 0 fully saturated rings. The van der Waals surface area contributed by atoms with Gasteiger partial charge in [0, 0.05) is 0 Å². The third-order valence-electron chi connectivity index (χ3n) is 4.17. The minimum Gasteiger partial charge on any atom is -0.301 e. The Morgan fingerprint density at radius 1 is 1.24 bits per heavy atom. The summed E-state index contributed by atoms with van der Waals surface area (Å²) in [6.45, 7) is 4.27. The first-order valence-corrected chi connectivity index (χ1v) is 10.7. The SMILES string of the molecule is CC(C)c1ccc(-n2nnnc2SCC(=O)Nc2nc3ccc(F)cc3s2)cc1. The molecule has 0 saturated carbocycles. The summed E-state index contributed by atoms with van der Waals surface area (Å²) in [7, 11) is 0. The number of halogens is 1. The fourth-order valence-corrected chi connectivity index (χ4v) is 4.27. The van der Waals surface area contributed by atoms with E-state index in [1.54, 1.807) is 10.7 Å². The Balaban J connectivity index is 1.41. The summed E-state index contributed by atoms with van der Waals surface area (Å²) in [5, 5.41) is 15.4. The lowest BCUT2D eigenvalue weighted by Crippen LogP contribution is -2.14. The molecule has 1 N–H and O–H groups in total. The number of carbonyl (C=O) groups is 1. The number of anilines is 1. The van der Waals surface area contributed by atoms with Crippen molar-refractivity contribution in [3.05, 3.63) is 53.8 Å². The van der Waals surface area contributed by atoms with Gasteiger partial charge in [0.1, 0.15) is 5.82 Å². The van der Waals surface area contributed by atoms with Crippen LogP contribution in [-0.2, 0) is 4.79 Å². The average molecular weight is 429 g/mol. The van der Waals surface area contributed by atoms with Gasteiger partial charge in [-0.2, -0.15) is 4.68 Å². The zero-order valence-corrected chi connectivity index (χ0v) is 17.3. The Morgan fingerprint density at radius 2 is 2.03 bits per heavy atom. The van der Waals surface area contributed by atoms with E-state index in [1.165, 1.54) is 40.8 Å². The monoisotopic (exact) mass is 428 g/mol. The van der Waals surface area contributed by atoms with Gasteiger partial charge in [0.25, 0.3) is 0 Å². The highest BCUT2D eigenvalue weighted by atomic mass is 32.2. The molecule has 0 saturated heterocycles. The normalized spacial score (nSPS) is 11.3.